The van der Waals surface area contributed by atoms with Gasteiger partial charge in [-0.3, -0.25) is 4.57 Å². The third-order valence-corrected chi connectivity index (χ3v) is 21.8. The average Bonchev–Trinajstić information content (AvgIpc) is 1.54. The van der Waals surface area contributed by atoms with Gasteiger partial charge in [-0.2, -0.15) is 0 Å². The second-order valence-electron chi connectivity index (χ2n) is 22.6. The molecule has 0 radical (unpaired) electrons. The molecule has 3 heterocycles. The van der Waals surface area contributed by atoms with Crippen molar-refractivity contribution in [1.82, 2.24) is 24.5 Å². The largest absolute Gasteiger partial charge is 0.299 e. The lowest BCUT2D eigenvalue weighted by atomic mass is 9.91. The number of benzene rings is 13. The first-order chi connectivity index (χ1) is 43.6. The summed E-state index contributed by atoms with van der Waals surface area (Å²) in [7, 11) is -3.35. The van der Waals surface area contributed by atoms with Gasteiger partial charge < -0.3 is 0 Å². The predicted octanol–water partition coefficient (Wildman–Crippen LogP) is 17.6. The maximum Gasteiger partial charge on any atom is 0.226 e. The summed E-state index contributed by atoms with van der Waals surface area (Å²) in [5.41, 5.74) is 22.9. The number of rotatable bonds is 12. The van der Waals surface area contributed by atoms with Crippen LogP contribution in [0.2, 0.25) is 0 Å². The molecular formula is C82H55N5Si. The minimum Gasteiger partial charge on any atom is -0.299 e. The van der Waals surface area contributed by atoms with Gasteiger partial charge in [0.2, 0.25) is 8.07 Å². The summed E-state index contributed by atoms with van der Waals surface area (Å²) in [6, 6.07) is 120. The number of hydrogen-bond acceptors (Lipinski definition) is 4. The van der Waals surface area contributed by atoms with Crippen LogP contribution in [0, 0.1) is 0 Å². The van der Waals surface area contributed by atoms with Gasteiger partial charge in [0, 0.05) is 22.4 Å². The van der Waals surface area contributed by atoms with Crippen LogP contribution in [0.3, 0.4) is 0 Å². The molecular weight excluding hydrogens is 1080 g/mol. The van der Waals surface area contributed by atoms with Gasteiger partial charge in [0.15, 0.2) is 17.5 Å². The number of nitrogens with zero attached hydrogens (tertiary/aromatic N) is 5. The van der Waals surface area contributed by atoms with Crippen LogP contribution in [0.4, 0.5) is 0 Å². The molecule has 0 saturated heterocycles. The topological polar surface area (TPSA) is 56.5 Å². The molecule has 1 aliphatic rings. The third kappa shape index (κ3) is 9.45. The van der Waals surface area contributed by atoms with Crippen LogP contribution in [0.25, 0.3) is 129 Å². The maximum atomic E-state index is 5.75. The quantitative estimate of drug-likeness (QED) is 0.114. The summed E-state index contributed by atoms with van der Waals surface area (Å²) in [5.74, 6) is 1.79. The van der Waals surface area contributed by atoms with Gasteiger partial charge in [-0.25, -0.2) is 19.9 Å². The van der Waals surface area contributed by atoms with Gasteiger partial charge in [-0.15, -0.1) is 0 Å². The molecule has 1 unspecified atom stereocenters. The van der Waals surface area contributed by atoms with Crippen LogP contribution in [-0.2, 0) is 0 Å². The second kappa shape index (κ2) is 22.2. The van der Waals surface area contributed by atoms with Crippen LogP contribution in [-0.4, -0.2) is 32.6 Å². The van der Waals surface area contributed by atoms with Gasteiger partial charge in [-0.05, 0) is 154 Å². The molecule has 15 aromatic rings. The number of aromatic nitrogens is 5. The van der Waals surface area contributed by atoms with Gasteiger partial charge >= 0.3 is 0 Å². The van der Waals surface area contributed by atoms with Crippen molar-refractivity contribution in [3.63, 3.8) is 0 Å². The summed E-state index contributed by atoms with van der Waals surface area (Å²) in [6.45, 7) is 0. The van der Waals surface area contributed by atoms with E-state index in [1.165, 1.54) is 37.8 Å². The van der Waals surface area contributed by atoms with E-state index in [0.717, 1.165) is 94.5 Å². The predicted molar refractivity (Wildman–Crippen MR) is 366 cm³/mol. The Bertz CT molecular complexity index is 4640. The average molecular weight is 1140 g/mol. The highest BCUT2D eigenvalue weighted by Crippen LogP contribution is 2.38. The molecule has 0 amide bonds. The minimum absolute atomic E-state index is 0.590. The maximum absolute atomic E-state index is 5.75. The monoisotopic (exact) mass is 1140 g/mol. The highest BCUT2D eigenvalue weighted by Gasteiger charge is 2.52. The van der Waals surface area contributed by atoms with E-state index < -0.39 is 8.07 Å². The highest BCUT2D eigenvalue weighted by molar-refractivity contribution is 7.20. The smallest absolute Gasteiger partial charge is 0.226 e. The Hall–Kier alpha value is -11.4. The van der Waals surface area contributed by atoms with E-state index in [4.69, 9.17) is 19.9 Å². The first-order valence-corrected chi connectivity index (χ1v) is 31.9. The minimum atomic E-state index is -3.35. The first-order valence-electron chi connectivity index (χ1n) is 29.9. The summed E-state index contributed by atoms with van der Waals surface area (Å²) < 4.78 is 2.44. The van der Waals surface area contributed by atoms with Gasteiger partial charge in [-0.1, -0.05) is 273 Å². The van der Waals surface area contributed by atoms with Crippen LogP contribution in [0.15, 0.2) is 334 Å². The van der Waals surface area contributed by atoms with Crippen molar-refractivity contribution in [3.8, 4) is 118 Å². The molecule has 5 nitrogen and oxygen atoms in total. The molecule has 0 bridgehead atoms. The van der Waals surface area contributed by atoms with Crippen molar-refractivity contribution in [1.29, 1.82) is 0 Å². The van der Waals surface area contributed by atoms with E-state index in [1.807, 2.05) is 12.1 Å². The van der Waals surface area contributed by atoms with Crippen molar-refractivity contribution in [2.24, 2.45) is 0 Å². The van der Waals surface area contributed by atoms with E-state index in [1.54, 1.807) is 0 Å². The Balaban J connectivity index is 0.898. The Morgan fingerprint density at radius 2 is 0.511 bits per heavy atom. The fourth-order valence-corrected chi connectivity index (χ4v) is 18.0. The zero-order valence-electron chi connectivity index (χ0n) is 48.0. The van der Waals surface area contributed by atoms with Crippen LogP contribution in [0.5, 0.6) is 0 Å². The third-order valence-electron chi connectivity index (χ3n) is 17.3. The number of para-hydroxylation sites is 3. The molecule has 0 aliphatic carbocycles. The van der Waals surface area contributed by atoms with Gasteiger partial charge in [0.05, 0.1) is 11.0 Å². The summed E-state index contributed by atoms with van der Waals surface area (Å²) >= 11 is 0. The molecule has 6 heteroatoms. The molecule has 16 rings (SSSR count). The van der Waals surface area contributed by atoms with Crippen molar-refractivity contribution >= 4 is 40.1 Å². The fraction of sp³-hybridized carbons (Fsp3) is 0. The van der Waals surface area contributed by atoms with Crippen molar-refractivity contribution in [2.75, 3.05) is 0 Å². The van der Waals surface area contributed by atoms with E-state index in [9.17, 15) is 0 Å². The van der Waals surface area contributed by atoms with Crippen molar-refractivity contribution in [3.05, 3.63) is 334 Å². The molecule has 0 fully saturated rings. The Kier molecular flexibility index (Phi) is 13.2. The van der Waals surface area contributed by atoms with Crippen LogP contribution < -0.4 is 21.0 Å². The van der Waals surface area contributed by atoms with Crippen molar-refractivity contribution < 1.29 is 0 Å². The number of fused-ring (bicyclic) bond motifs is 5. The van der Waals surface area contributed by atoms with E-state index in [2.05, 4.69) is 326 Å². The SMILES string of the molecule is c1ccc(-c2cccc(-c3cc(-c4cccc(-c5ccccc5)c4)cc(-c4cccc([Si]5(c6cccc(-c7nc(-c8cccc(-c9ccccc9)c8)nc(-c8cccc(-c9ccccc9)c8)n7)c6)c6ccccc6-n6c5nc5ccccc56)c4)c3)c2)cc1. The van der Waals surface area contributed by atoms with E-state index in [-0.39, 0.29) is 0 Å². The Morgan fingerprint density at radius 1 is 0.216 bits per heavy atom. The second-order valence-corrected chi connectivity index (χ2v) is 26.2. The number of hydrogen-bond donors (Lipinski definition) is 0. The lowest BCUT2D eigenvalue weighted by molar-refractivity contribution is 1.07. The van der Waals surface area contributed by atoms with Gasteiger partial charge in [0.1, 0.15) is 5.45 Å². The Morgan fingerprint density at radius 3 is 0.955 bits per heavy atom. The molecule has 1 atom stereocenters. The summed E-state index contributed by atoms with van der Waals surface area (Å²) in [5, 5.41) is 3.67. The zero-order valence-corrected chi connectivity index (χ0v) is 49.0. The molecule has 1 aliphatic heterocycles. The highest BCUT2D eigenvalue weighted by atomic mass is 28.3. The standard InChI is InChI=1S/C82H55N5Si/c1-5-23-56(24-6-1)60-31-17-35-64(47-60)70-51-71(65-36-18-32-61(48-65)57-25-7-2-8-26-57)53-72(52-70)66-37-21-41-73(54-66)88(78-46-16-15-45-77(78)87-76-44-14-13-43-75(76)83-82(87)88)74-42-22-40-69(55-74)81-85-79(67-38-19-33-62(49-67)58-27-9-3-10-28-58)84-80(86-81)68-39-20-34-63(50-68)59-29-11-4-12-30-59/h1-55H. The van der Waals surface area contributed by atoms with Crippen LogP contribution in [0.1, 0.15) is 0 Å². The summed E-state index contributed by atoms with van der Waals surface area (Å²) in [4.78, 5) is 21.9. The Labute approximate surface area is 513 Å². The lowest BCUT2D eigenvalue weighted by Crippen LogP contribution is -2.73. The molecule has 0 spiro atoms. The molecule has 412 valence electrons. The summed E-state index contributed by atoms with van der Waals surface area (Å²) in [6.07, 6.45) is 0. The molecule has 13 aromatic carbocycles. The number of imidazole rings is 1. The van der Waals surface area contributed by atoms with Crippen LogP contribution >= 0.6 is 0 Å². The molecule has 88 heavy (non-hydrogen) atoms. The lowest BCUT2D eigenvalue weighted by Gasteiger charge is -2.29. The van der Waals surface area contributed by atoms with E-state index >= 15 is 0 Å². The molecule has 0 saturated carbocycles. The van der Waals surface area contributed by atoms with Crippen molar-refractivity contribution in [2.45, 2.75) is 0 Å². The first kappa shape index (κ1) is 52.1. The fourth-order valence-electron chi connectivity index (χ4n) is 13.0. The van der Waals surface area contributed by atoms with Gasteiger partial charge in [0.25, 0.3) is 0 Å². The molecule has 2 aromatic heterocycles. The normalized spacial score (nSPS) is 13.3. The van der Waals surface area contributed by atoms with E-state index in [0.29, 0.717) is 17.5 Å². The zero-order chi connectivity index (χ0) is 58.4. The molecule has 0 N–H and O–H groups in total.